The third kappa shape index (κ3) is 6.37. The first-order chi connectivity index (χ1) is 31.4. The van der Waals surface area contributed by atoms with Gasteiger partial charge in [0.05, 0.1) is 11.2 Å². The normalized spacial score (nSPS) is 19.8. The molecule has 7 aromatic rings. The molecular weight excluding hydrogens is 798 g/mol. The molecule has 11 rings (SSSR count). The van der Waals surface area contributed by atoms with E-state index >= 15 is 0 Å². The first-order valence-corrected chi connectivity index (χ1v) is 24.6. The van der Waals surface area contributed by atoms with Gasteiger partial charge in [0.2, 0.25) is 0 Å². The van der Waals surface area contributed by atoms with Crippen molar-refractivity contribution in [2.75, 3.05) is 14.7 Å². The lowest BCUT2D eigenvalue weighted by Gasteiger charge is -2.51. The van der Waals surface area contributed by atoms with Crippen molar-refractivity contribution in [3.05, 3.63) is 174 Å². The Balaban J connectivity index is 1.27. The summed E-state index contributed by atoms with van der Waals surface area (Å²) >= 11 is 0. The Morgan fingerprint density at radius 2 is 0.985 bits per heavy atom. The van der Waals surface area contributed by atoms with Crippen molar-refractivity contribution in [2.24, 2.45) is 0 Å². The molecule has 0 aromatic heterocycles. The molecule has 1 aliphatic carbocycles. The molecule has 3 aliphatic heterocycles. The zero-order valence-corrected chi connectivity index (χ0v) is 41.2. The molecule has 0 saturated heterocycles. The van der Waals surface area contributed by atoms with E-state index in [-0.39, 0.29) is 33.9 Å². The SMILES string of the molecule is CC(C)(C)c1ccc(N2c3ccc(C(C)(C)C)cc3B3c4ccccc4N(c4ccc(C(C)(C)C)cc4-c4ccccc4)c4cc(N5c6ccccc6C6(C)CCCCC56C)cc2c43)cc1. The Labute approximate surface area is 395 Å². The number of para-hydroxylation sites is 2. The maximum atomic E-state index is 2.78. The minimum absolute atomic E-state index is 0.0191. The van der Waals surface area contributed by atoms with Crippen molar-refractivity contribution in [2.45, 2.75) is 129 Å². The van der Waals surface area contributed by atoms with E-state index < -0.39 is 0 Å². The van der Waals surface area contributed by atoms with Crippen LogP contribution in [0.5, 0.6) is 0 Å². The standard InChI is InChI=1S/C62H66BN3/c1-58(2,3)42-27-31-45(32-28-42)64-54-34-30-44(60(7,8)9)38-50(54)63-49-24-16-18-26-53(49)65(51-33-29-43(59(4,5)6)37-47(51)41-21-13-12-14-22-41)56-40-46(39-55(64)57(56)63)66-52-25-17-15-23-48(52)61(10)35-19-20-36-62(61,66)11/h12-18,21-34,37-40H,19-20,35-36H2,1-11H3. The second kappa shape index (κ2) is 14.8. The number of hydrogen-bond acceptors (Lipinski definition) is 3. The Kier molecular flexibility index (Phi) is 9.53. The van der Waals surface area contributed by atoms with E-state index in [1.165, 1.54) is 115 Å². The van der Waals surface area contributed by atoms with E-state index in [0.717, 1.165) is 6.42 Å². The van der Waals surface area contributed by atoms with Crippen LogP contribution in [-0.4, -0.2) is 12.3 Å². The Morgan fingerprint density at radius 1 is 0.439 bits per heavy atom. The number of fused-ring (bicyclic) bond motifs is 7. The van der Waals surface area contributed by atoms with Crippen LogP contribution >= 0.6 is 0 Å². The fraction of sp³-hybridized carbons (Fsp3) is 0.323. The maximum absolute atomic E-state index is 2.78. The van der Waals surface area contributed by atoms with Crippen molar-refractivity contribution >= 4 is 68.6 Å². The van der Waals surface area contributed by atoms with Gasteiger partial charge in [-0.1, -0.05) is 179 Å². The van der Waals surface area contributed by atoms with Gasteiger partial charge in [0, 0.05) is 50.8 Å². The van der Waals surface area contributed by atoms with Crippen molar-refractivity contribution in [1.82, 2.24) is 0 Å². The van der Waals surface area contributed by atoms with Crippen LogP contribution in [0.15, 0.2) is 152 Å². The molecular formula is C62H66BN3. The van der Waals surface area contributed by atoms with Crippen molar-refractivity contribution in [3.8, 4) is 11.1 Å². The van der Waals surface area contributed by atoms with Crippen LogP contribution < -0.4 is 31.1 Å². The summed E-state index contributed by atoms with van der Waals surface area (Å²) in [6.07, 6.45) is 4.82. The molecule has 332 valence electrons. The maximum Gasteiger partial charge on any atom is 0.252 e. The number of rotatable bonds is 4. The average Bonchev–Trinajstić information content (AvgIpc) is 3.51. The van der Waals surface area contributed by atoms with Crippen molar-refractivity contribution < 1.29 is 0 Å². The summed E-state index contributed by atoms with van der Waals surface area (Å²) in [5, 5.41) is 0. The Bertz CT molecular complexity index is 3040. The average molecular weight is 864 g/mol. The number of nitrogens with zero attached hydrogens (tertiary/aromatic N) is 3. The molecule has 0 bridgehead atoms. The van der Waals surface area contributed by atoms with Crippen LogP contribution in [0.1, 0.15) is 124 Å². The summed E-state index contributed by atoms with van der Waals surface area (Å²) in [4.78, 5) is 8.04. The highest BCUT2D eigenvalue weighted by atomic mass is 15.3. The Morgan fingerprint density at radius 3 is 1.67 bits per heavy atom. The van der Waals surface area contributed by atoms with Crippen LogP contribution in [0.25, 0.3) is 11.1 Å². The summed E-state index contributed by atoms with van der Waals surface area (Å²) in [5.74, 6) is 0. The lowest BCUT2D eigenvalue weighted by atomic mass is 9.33. The first-order valence-electron chi connectivity index (χ1n) is 24.6. The van der Waals surface area contributed by atoms with Gasteiger partial charge in [-0.2, -0.15) is 0 Å². The van der Waals surface area contributed by atoms with E-state index in [4.69, 9.17) is 0 Å². The first kappa shape index (κ1) is 42.6. The fourth-order valence-electron chi connectivity index (χ4n) is 12.3. The van der Waals surface area contributed by atoms with E-state index in [2.05, 4.69) is 243 Å². The fourth-order valence-corrected chi connectivity index (χ4v) is 12.3. The molecule has 0 amide bonds. The van der Waals surface area contributed by atoms with E-state index in [0.29, 0.717) is 0 Å². The second-order valence-corrected chi connectivity index (χ2v) is 23.4. The molecule has 4 heteroatoms. The largest absolute Gasteiger partial charge is 0.334 e. The van der Waals surface area contributed by atoms with Gasteiger partial charge in [-0.05, 0) is 135 Å². The highest BCUT2D eigenvalue weighted by Crippen LogP contribution is 2.62. The lowest BCUT2D eigenvalue weighted by Crippen LogP contribution is -2.61. The molecule has 0 N–H and O–H groups in total. The zero-order valence-electron chi connectivity index (χ0n) is 41.2. The predicted octanol–water partition coefficient (Wildman–Crippen LogP) is 15.1. The number of benzene rings is 7. The van der Waals surface area contributed by atoms with Crippen LogP contribution in [0.2, 0.25) is 0 Å². The molecule has 3 heterocycles. The van der Waals surface area contributed by atoms with Gasteiger partial charge in [-0.15, -0.1) is 0 Å². The third-order valence-electron chi connectivity index (χ3n) is 16.3. The van der Waals surface area contributed by atoms with E-state index in [9.17, 15) is 0 Å². The summed E-state index contributed by atoms with van der Waals surface area (Å²) in [5.41, 5.74) is 21.9. The van der Waals surface area contributed by atoms with Crippen LogP contribution in [-0.2, 0) is 21.7 Å². The van der Waals surface area contributed by atoms with Gasteiger partial charge < -0.3 is 14.7 Å². The lowest BCUT2D eigenvalue weighted by molar-refractivity contribution is 0.195. The molecule has 2 atom stereocenters. The summed E-state index contributed by atoms with van der Waals surface area (Å²) in [7, 11) is 0. The summed E-state index contributed by atoms with van der Waals surface area (Å²) in [6.45, 7) is 26.1. The topological polar surface area (TPSA) is 9.72 Å². The molecule has 0 spiro atoms. The van der Waals surface area contributed by atoms with E-state index in [1.807, 2.05) is 0 Å². The van der Waals surface area contributed by atoms with E-state index in [1.54, 1.807) is 0 Å². The molecule has 2 unspecified atom stereocenters. The van der Waals surface area contributed by atoms with Gasteiger partial charge in [0.25, 0.3) is 6.71 Å². The highest BCUT2D eigenvalue weighted by molar-refractivity contribution is 7.00. The van der Waals surface area contributed by atoms with Crippen molar-refractivity contribution in [1.29, 1.82) is 0 Å². The molecule has 0 radical (unpaired) electrons. The molecule has 1 fully saturated rings. The zero-order chi connectivity index (χ0) is 46.1. The Hall–Kier alpha value is -6.00. The minimum atomic E-state index is -0.108. The van der Waals surface area contributed by atoms with Crippen LogP contribution in [0.4, 0.5) is 45.5 Å². The molecule has 4 aliphatic rings. The molecule has 3 nitrogen and oxygen atoms in total. The smallest absolute Gasteiger partial charge is 0.252 e. The second-order valence-electron chi connectivity index (χ2n) is 23.4. The predicted molar refractivity (Wildman–Crippen MR) is 285 cm³/mol. The molecule has 7 aromatic carbocycles. The van der Waals surface area contributed by atoms with Gasteiger partial charge in [0.1, 0.15) is 0 Å². The quantitative estimate of drug-likeness (QED) is 0.163. The van der Waals surface area contributed by atoms with Gasteiger partial charge >= 0.3 is 0 Å². The number of hydrogen-bond donors (Lipinski definition) is 0. The van der Waals surface area contributed by atoms with Crippen LogP contribution in [0.3, 0.4) is 0 Å². The third-order valence-corrected chi connectivity index (χ3v) is 16.3. The molecule has 66 heavy (non-hydrogen) atoms. The van der Waals surface area contributed by atoms with Gasteiger partial charge in [-0.25, -0.2) is 0 Å². The van der Waals surface area contributed by atoms with Gasteiger partial charge in [0.15, 0.2) is 0 Å². The minimum Gasteiger partial charge on any atom is -0.334 e. The number of anilines is 8. The highest BCUT2D eigenvalue weighted by Gasteiger charge is 2.58. The van der Waals surface area contributed by atoms with Gasteiger partial charge in [-0.3, -0.25) is 0 Å². The van der Waals surface area contributed by atoms with Crippen molar-refractivity contribution in [3.63, 3.8) is 0 Å². The summed E-state index contributed by atoms with van der Waals surface area (Å²) in [6, 6.07) is 59.0. The molecule has 1 saturated carbocycles. The monoisotopic (exact) mass is 864 g/mol. The van der Waals surface area contributed by atoms with Crippen LogP contribution in [0, 0.1) is 0 Å². The summed E-state index contributed by atoms with van der Waals surface area (Å²) < 4.78 is 0.